The number of hydrogen-bond acceptors (Lipinski definition) is 5. The van der Waals surface area contributed by atoms with Crippen LogP contribution in [-0.2, 0) is 16.1 Å². The molecular weight excluding hydrogens is 366 g/mol. The number of cyclic esters (lactones) is 1. The van der Waals surface area contributed by atoms with Gasteiger partial charge in [-0.2, -0.15) is 0 Å². The third-order valence-corrected chi connectivity index (χ3v) is 4.08. The SMILES string of the molecule is O=C1OC(c2ccco2)=N/C1=C\c1cccc(OCc2ccc(Cl)cc2)c1. The summed E-state index contributed by atoms with van der Waals surface area (Å²) in [5.74, 6) is 0.730. The molecule has 0 amide bonds. The van der Waals surface area contributed by atoms with Crippen LogP contribution in [0, 0.1) is 0 Å². The van der Waals surface area contributed by atoms with E-state index in [2.05, 4.69) is 4.99 Å². The number of esters is 1. The zero-order valence-corrected chi connectivity index (χ0v) is 14.8. The summed E-state index contributed by atoms with van der Waals surface area (Å²) in [7, 11) is 0. The first-order valence-electron chi connectivity index (χ1n) is 8.21. The molecule has 1 aromatic heterocycles. The molecule has 134 valence electrons. The molecule has 0 fully saturated rings. The third kappa shape index (κ3) is 4.10. The second-order valence-electron chi connectivity index (χ2n) is 5.80. The van der Waals surface area contributed by atoms with Crippen LogP contribution in [0.4, 0.5) is 0 Å². The van der Waals surface area contributed by atoms with Crippen LogP contribution in [0.2, 0.25) is 5.02 Å². The Kier molecular flexibility index (Phi) is 4.77. The normalized spacial score (nSPS) is 14.9. The van der Waals surface area contributed by atoms with E-state index in [0.29, 0.717) is 23.1 Å². The van der Waals surface area contributed by atoms with Gasteiger partial charge in [0, 0.05) is 5.02 Å². The van der Waals surface area contributed by atoms with Gasteiger partial charge in [0.05, 0.1) is 6.26 Å². The highest BCUT2D eigenvalue weighted by atomic mass is 35.5. The average Bonchev–Trinajstić information content (AvgIpc) is 3.32. The molecule has 1 aliphatic rings. The van der Waals surface area contributed by atoms with Gasteiger partial charge in [0.1, 0.15) is 12.4 Å². The molecule has 27 heavy (non-hydrogen) atoms. The van der Waals surface area contributed by atoms with Crippen molar-refractivity contribution in [1.82, 2.24) is 0 Å². The van der Waals surface area contributed by atoms with E-state index in [1.165, 1.54) is 6.26 Å². The van der Waals surface area contributed by atoms with Crippen molar-refractivity contribution in [2.75, 3.05) is 0 Å². The minimum absolute atomic E-state index is 0.159. The molecule has 0 aliphatic carbocycles. The molecule has 2 heterocycles. The predicted octanol–water partition coefficient (Wildman–Crippen LogP) is 4.86. The number of benzene rings is 2. The highest BCUT2D eigenvalue weighted by Crippen LogP contribution is 2.22. The standard InChI is InChI=1S/C21H14ClNO4/c22-16-8-6-14(7-9-16)13-26-17-4-1-3-15(11-17)12-18-21(24)27-20(23-18)19-5-2-10-25-19/h1-12H,13H2/b18-12-. The van der Waals surface area contributed by atoms with E-state index in [1.807, 2.05) is 48.5 Å². The Morgan fingerprint density at radius 3 is 2.70 bits per heavy atom. The third-order valence-electron chi connectivity index (χ3n) is 3.83. The van der Waals surface area contributed by atoms with E-state index in [-0.39, 0.29) is 11.6 Å². The van der Waals surface area contributed by atoms with Crippen LogP contribution in [0.25, 0.3) is 6.08 Å². The Balaban J connectivity index is 1.49. The molecule has 0 unspecified atom stereocenters. The first-order chi connectivity index (χ1) is 13.2. The minimum Gasteiger partial charge on any atom is -0.489 e. The second-order valence-corrected chi connectivity index (χ2v) is 6.24. The summed E-state index contributed by atoms with van der Waals surface area (Å²) in [6, 6.07) is 18.2. The summed E-state index contributed by atoms with van der Waals surface area (Å²) < 4.78 is 16.1. The zero-order chi connectivity index (χ0) is 18.6. The maximum atomic E-state index is 12.0. The van der Waals surface area contributed by atoms with Crippen molar-refractivity contribution >= 4 is 29.5 Å². The fourth-order valence-electron chi connectivity index (χ4n) is 2.51. The largest absolute Gasteiger partial charge is 0.489 e. The lowest BCUT2D eigenvalue weighted by molar-refractivity contribution is -0.130. The first-order valence-corrected chi connectivity index (χ1v) is 8.59. The Labute approximate surface area is 160 Å². The van der Waals surface area contributed by atoms with Gasteiger partial charge >= 0.3 is 5.97 Å². The lowest BCUT2D eigenvalue weighted by atomic mass is 10.2. The maximum Gasteiger partial charge on any atom is 0.363 e. The number of halogens is 1. The minimum atomic E-state index is -0.520. The van der Waals surface area contributed by atoms with Gasteiger partial charge in [-0.1, -0.05) is 35.9 Å². The number of aliphatic imine (C=N–C) groups is 1. The maximum absolute atomic E-state index is 12.0. The van der Waals surface area contributed by atoms with Crippen LogP contribution in [0.3, 0.4) is 0 Å². The van der Waals surface area contributed by atoms with Crippen molar-refractivity contribution in [3.05, 3.63) is 94.5 Å². The summed E-state index contributed by atoms with van der Waals surface area (Å²) >= 11 is 5.88. The van der Waals surface area contributed by atoms with Gasteiger partial charge in [-0.15, -0.1) is 0 Å². The number of carbonyl (C=O) groups excluding carboxylic acids is 1. The van der Waals surface area contributed by atoms with Gasteiger partial charge in [0.2, 0.25) is 0 Å². The predicted molar refractivity (Wildman–Crippen MR) is 102 cm³/mol. The molecule has 4 rings (SSSR count). The highest BCUT2D eigenvalue weighted by Gasteiger charge is 2.25. The Morgan fingerprint density at radius 1 is 1.07 bits per heavy atom. The summed E-state index contributed by atoms with van der Waals surface area (Å²) in [6.45, 7) is 0.417. The molecule has 0 N–H and O–H groups in total. The average molecular weight is 380 g/mol. The lowest BCUT2D eigenvalue weighted by Crippen LogP contribution is -2.04. The second kappa shape index (κ2) is 7.51. The van der Waals surface area contributed by atoms with Crippen LogP contribution >= 0.6 is 11.6 Å². The Morgan fingerprint density at radius 2 is 1.93 bits per heavy atom. The summed E-state index contributed by atoms with van der Waals surface area (Å²) in [5, 5.41) is 0.685. The van der Waals surface area contributed by atoms with Crippen LogP contribution in [0.1, 0.15) is 16.9 Å². The van der Waals surface area contributed by atoms with Gasteiger partial charge in [-0.3, -0.25) is 0 Å². The monoisotopic (exact) mass is 379 g/mol. The zero-order valence-electron chi connectivity index (χ0n) is 14.1. The molecule has 6 heteroatoms. The van der Waals surface area contributed by atoms with Gasteiger partial charge in [0.15, 0.2) is 11.5 Å². The molecule has 5 nitrogen and oxygen atoms in total. The van der Waals surface area contributed by atoms with Crippen molar-refractivity contribution in [2.24, 2.45) is 4.99 Å². The number of ether oxygens (including phenoxy) is 2. The van der Waals surface area contributed by atoms with Crippen molar-refractivity contribution in [2.45, 2.75) is 6.61 Å². The van der Waals surface area contributed by atoms with Gasteiger partial charge in [-0.25, -0.2) is 9.79 Å². The van der Waals surface area contributed by atoms with E-state index < -0.39 is 5.97 Å². The summed E-state index contributed by atoms with van der Waals surface area (Å²) in [6.07, 6.45) is 3.14. The molecular formula is C21H14ClNO4. The molecule has 0 radical (unpaired) electrons. The van der Waals surface area contributed by atoms with E-state index in [0.717, 1.165) is 11.1 Å². The van der Waals surface area contributed by atoms with E-state index in [1.54, 1.807) is 18.2 Å². The van der Waals surface area contributed by atoms with Crippen LogP contribution in [0.15, 0.2) is 82.0 Å². The Hall–Kier alpha value is -3.31. The fraction of sp³-hybridized carbons (Fsp3) is 0.0476. The number of hydrogen-bond donors (Lipinski definition) is 0. The molecule has 2 aromatic carbocycles. The van der Waals surface area contributed by atoms with Gasteiger partial charge in [-0.05, 0) is 53.6 Å². The molecule has 0 spiro atoms. The van der Waals surface area contributed by atoms with Crippen molar-refractivity contribution < 1.29 is 18.7 Å². The molecule has 0 bridgehead atoms. The number of nitrogens with zero attached hydrogens (tertiary/aromatic N) is 1. The highest BCUT2D eigenvalue weighted by molar-refractivity contribution is 6.30. The molecule has 3 aromatic rings. The van der Waals surface area contributed by atoms with Gasteiger partial charge in [0.25, 0.3) is 5.90 Å². The van der Waals surface area contributed by atoms with Gasteiger partial charge < -0.3 is 13.9 Å². The first kappa shape index (κ1) is 17.1. The number of furan rings is 1. The summed E-state index contributed by atoms with van der Waals surface area (Å²) in [5.41, 5.74) is 1.99. The molecule has 0 saturated carbocycles. The smallest absolute Gasteiger partial charge is 0.363 e. The fourth-order valence-corrected chi connectivity index (χ4v) is 2.64. The number of rotatable bonds is 5. The molecule has 0 saturated heterocycles. The van der Waals surface area contributed by atoms with E-state index in [9.17, 15) is 4.79 Å². The quantitative estimate of drug-likeness (QED) is 0.469. The molecule has 0 atom stereocenters. The van der Waals surface area contributed by atoms with Crippen LogP contribution in [0.5, 0.6) is 5.75 Å². The van der Waals surface area contributed by atoms with Crippen molar-refractivity contribution in [3.63, 3.8) is 0 Å². The number of carbonyl (C=O) groups is 1. The van der Waals surface area contributed by atoms with Crippen molar-refractivity contribution in [3.8, 4) is 5.75 Å². The molecule has 1 aliphatic heterocycles. The van der Waals surface area contributed by atoms with Crippen LogP contribution < -0.4 is 4.74 Å². The summed E-state index contributed by atoms with van der Waals surface area (Å²) in [4.78, 5) is 16.2. The lowest BCUT2D eigenvalue weighted by Gasteiger charge is -2.07. The topological polar surface area (TPSA) is 61.0 Å². The van der Waals surface area contributed by atoms with Crippen LogP contribution in [-0.4, -0.2) is 11.9 Å². The van der Waals surface area contributed by atoms with E-state index in [4.69, 9.17) is 25.5 Å². The van der Waals surface area contributed by atoms with Crippen molar-refractivity contribution in [1.29, 1.82) is 0 Å². The Bertz CT molecular complexity index is 1020. The van der Waals surface area contributed by atoms with E-state index >= 15 is 0 Å².